The summed E-state index contributed by atoms with van der Waals surface area (Å²) in [6, 6.07) is 15.4. The van der Waals surface area contributed by atoms with Gasteiger partial charge in [0.1, 0.15) is 11.5 Å². The van der Waals surface area contributed by atoms with E-state index in [1.807, 2.05) is 55.5 Å². The fourth-order valence-electron chi connectivity index (χ4n) is 2.51. The Morgan fingerprint density at radius 3 is 2.52 bits per heavy atom. The van der Waals surface area contributed by atoms with Crippen LogP contribution in [0, 0.1) is 6.92 Å². The normalized spacial score (nSPS) is 10.8. The van der Waals surface area contributed by atoms with Gasteiger partial charge in [-0.1, -0.05) is 12.1 Å². The molecular weight excluding hydrogens is 314 g/mol. The van der Waals surface area contributed by atoms with E-state index < -0.39 is 0 Å². The molecule has 0 saturated carbocycles. The van der Waals surface area contributed by atoms with Crippen LogP contribution in [0.5, 0.6) is 0 Å². The smallest absolute Gasteiger partial charge is 0.275 e. The summed E-state index contributed by atoms with van der Waals surface area (Å²) in [5.74, 6) is 0.507. The molecule has 4 rings (SSSR count). The Morgan fingerprint density at radius 2 is 1.80 bits per heavy atom. The van der Waals surface area contributed by atoms with Gasteiger partial charge in [-0.3, -0.25) is 9.78 Å². The van der Waals surface area contributed by atoms with Gasteiger partial charge in [-0.25, -0.2) is 9.97 Å². The summed E-state index contributed by atoms with van der Waals surface area (Å²) >= 11 is 0. The summed E-state index contributed by atoms with van der Waals surface area (Å²) in [6.07, 6.45) is 3.03. The van der Waals surface area contributed by atoms with Crippen molar-refractivity contribution >= 4 is 22.6 Å². The van der Waals surface area contributed by atoms with Gasteiger partial charge in [-0.2, -0.15) is 0 Å². The second-order valence-electron chi connectivity index (χ2n) is 5.68. The molecule has 0 atom stereocenters. The number of anilines is 1. The summed E-state index contributed by atoms with van der Waals surface area (Å²) < 4.78 is 0. The van der Waals surface area contributed by atoms with E-state index in [9.17, 15) is 4.79 Å². The van der Waals surface area contributed by atoms with Crippen LogP contribution < -0.4 is 5.32 Å². The molecule has 6 nitrogen and oxygen atoms in total. The number of benzene rings is 2. The van der Waals surface area contributed by atoms with Crippen molar-refractivity contribution in [1.82, 2.24) is 19.9 Å². The first-order valence-electron chi connectivity index (χ1n) is 7.84. The van der Waals surface area contributed by atoms with Crippen LogP contribution in [0.1, 0.15) is 16.2 Å². The maximum absolute atomic E-state index is 12.2. The molecule has 0 spiro atoms. The molecular formula is C19H15N5O. The lowest BCUT2D eigenvalue weighted by Gasteiger charge is -2.05. The topological polar surface area (TPSA) is 83.6 Å². The van der Waals surface area contributed by atoms with E-state index >= 15 is 0 Å². The molecule has 2 aromatic heterocycles. The number of aromatic nitrogens is 4. The number of nitrogens with one attached hydrogen (secondary N) is 2. The van der Waals surface area contributed by atoms with Gasteiger partial charge < -0.3 is 10.3 Å². The highest BCUT2D eigenvalue weighted by atomic mass is 16.1. The zero-order valence-corrected chi connectivity index (χ0v) is 13.5. The van der Waals surface area contributed by atoms with Crippen molar-refractivity contribution in [2.75, 3.05) is 5.32 Å². The molecule has 0 saturated heterocycles. The van der Waals surface area contributed by atoms with Crippen molar-refractivity contribution in [2.24, 2.45) is 0 Å². The Hall–Kier alpha value is -3.54. The number of carbonyl (C=O) groups is 1. The van der Waals surface area contributed by atoms with Crippen LogP contribution in [0.4, 0.5) is 5.69 Å². The van der Waals surface area contributed by atoms with Gasteiger partial charge in [-0.05, 0) is 43.3 Å². The lowest BCUT2D eigenvalue weighted by atomic mass is 10.2. The molecule has 6 heteroatoms. The van der Waals surface area contributed by atoms with Crippen LogP contribution in [0.2, 0.25) is 0 Å². The molecule has 4 aromatic rings. The van der Waals surface area contributed by atoms with Crippen molar-refractivity contribution in [3.63, 3.8) is 0 Å². The number of para-hydroxylation sites is 2. The number of fused-ring (bicyclic) bond motifs is 1. The molecule has 1 amide bonds. The van der Waals surface area contributed by atoms with E-state index in [0.717, 1.165) is 28.1 Å². The van der Waals surface area contributed by atoms with Crippen molar-refractivity contribution in [1.29, 1.82) is 0 Å². The molecule has 0 aliphatic rings. The largest absolute Gasteiger partial charge is 0.338 e. The SMILES string of the molecule is Cc1cnc(C(=O)Nc2ccc(-c3nc4ccccc4[nH]3)cc2)cn1. The molecule has 2 aromatic carbocycles. The third-order valence-corrected chi connectivity index (χ3v) is 3.82. The quantitative estimate of drug-likeness (QED) is 0.602. The summed E-state index contributed by atoms with van der Waals surface area (Å²) in [5, 5.41) is 2.81. The van der Waals surface area contributed by atoms with Crippen LogP contribution >= 0.6 is 0 Å². The summed E-state index contributed by atoms with van der Waals surface area (Å²) in [6.45, 7) is 1.82. The van der Waals surface area contributed by atoms with E-state index in [-0.39, 0.29) is 11.6 Å². The third-order valence-electron chi connectivity index (χ3n) is 3.82. The van der Waals surface area contributed by atoms with Gasteiger partial charge in [-0.15, -0.1) is 0 Å². The molecule has 0 aliphatic heterocycles. The number of carbonyl (C=O) groups excluding carboxylic acids is 1. The Balaban J connectivity index is 1.53. The molecule has 0 fully saturated rings. The third kappa shape index (κ3) is 3.10. The van der Waals surface area contributed by atoms with Crippen molar-refractivity contribution in [2.45, 2.75) is 6.92 Å². The first kappa shape index (κ1) is 15.0. The second-order valence-corrected chi connectivity index (χ2v) is 5.68. The van der Waals surface area contributed by atoms with Crippen molar-refractivity contribution in [3.05, 3.63) is 72.3 Å². The number of imidazole rings is 1. The van der Waals surface area contributed by atoms with Crippen LogP contribution in [0.25, 0.3) is 22.4 Å². The molecule has 0 aliphatic carbocycles. The van der Waals surface area contributed by atoms with Crippen LogP contribution in [0.3, 0.4) is 0 Å². The maximum Gasteiger partial charge on any atom is 0.275 e. The molecule has 2 N–H and O–H groups in total. The second kappa shape index (κ2) is 6.16. The molecule has 0 bridgehead atoms. The zero-order chi connectivity index (χ0) is 17.2. The highest BCUT2D eigenvalue weighted by Crippen LogP contribution is 2.22. The molecule has 0 radical (unpaired) electrons. The number of H-pyrrole nitrogens is 1. The Kier molecular flexibility index (Phi) is 3.70. The summed E-state index contributed by atoms with van der Waals surface area (Å²) in [4.78, 5) is 28.2. The standard InChI is InChI=1S/C19H15N5O/c1-12-10-21-17(11-20-12)19(25)22-14-8-6-13(7-9-14)18-23-15-4-2-3-5-16(15)24-18/h2-11H,1H3,(H,22,25)(H,23,24). The van der Waals surface area contributed by atoms with Crippen molar-refractivity contribution in [3.8, 4) is 11.4 Å². The van der Waals surface area contributed by atoms with Crippen LogP contribution in [-0.4, -0.2) is 25.8 Å². The van der Waals surface area contributed by atoms with E-state index in [1.165, 1.54) is 6.20 Å². The van der Waals surface area contributed by atoms with Gasteiger partial charge in [0, 0.05) is 17.4 Å². The predicted molar refractivity (Wildman–Crippen MR) is 96.3 cm³/mol. The van der Waals surface area contributed by atoms with Gasteiger partial charge in [0.15, 0.2) is 0 Å². The Bertz CT molecular complexity index is 1000. The number of rotatable bonds is 3. The first-order valence-corrected chi connectivity index (χ1v) is 7.84. The van der Waals surface area contributed by atoms with E-state index in [1.54, 1.807) is 6.20 Å². The van der Waals surface area contributed by atoms with Gasteiger partial charge in [0.2, 0.25) is 0 Å². The van der Waals surface area contributed by atoms with Crippen LogP contribution in [0.15, 0.2) is 60.9 Å². The van der Waals surface area contributed by atoms with Gasteiger partial charge >= 0.3 is 0 Å². The summed E-state index contributed by atoms with van der Waals surface area (Å²) in [7, 11) is 0. The number of hydrogen-bond donors (Lipinski definition) is 2. The fraction of sp³-hybridized carbons (Fsp3) is 0.0526. The number of aromatic amines is 1. The predicted octanol–water partition coefficient (Wildman–Crippen LogP) is 3.58. The lowest BCUT2D eigenvalue weighted by Crippen LogP contribution is -2.14. The molecule has 25 heavy (non-hydrogen) atoms. The van der Waals surface area contributed by atoms with E-state index in [4.69, 9.17) is 0 Å². The van der Waals surface area contributed by atoms with Gasteiger partial charge in [0.25, 0.3) is 5.91 Å². The average Bonchev–Trinajstić information content (AvgIpc) is 3.07. The number of aryl methyl sites for hydroxylation is 1. The highest BCUT2D eigenvalue weighted by molar-refractivity contribution is 6.02. The lowest BCUT2D eigenvalue weighted by molar-refractivity contribution is 0.102. The zero-order valence-electron chi connectivity index (χ0n) is 13.5. The highest BCUT2D eigenvalue weighted by Gasteiger charge is 2.09. The van der Waals surface area contributed by atoms with Crippen LogP contribution in [-0.2, 0) is 0 Å². The maximum atomic E-state index is 12.2. The first-order chi connectivity index (χ1) is 12.2. The number of nitrogens with zero attached hydrogens (tertiary/aromatic N) is 3. The van der Waals surface area contributed by atoms with Gasteiger partial charge in [0.05, 0.1) is 22.9 Å². The minimum atomic E-state index is -0.288. The van der Waals surface area contributed by atoms with E-state index in [2.05, 4.69) is 25.3 Å². The number of hydrogen-bond acceptors (Lipinski definition) is 4. The Labute approximate surface area is 144 Å². The summed E-state index contributed by atoms with van der Waals surface area (Å²) in [5.41, 5.74) is 4.61. The molecule has 0 unspecified atom stereocenters. The Morgan fingerprint density at radius 1 is 1.00 bits per heavy atom. The monoisotopic (exact) mass is 329 g/mol. The minimum Gasteiger partial charge on any atom is -0.338 e. The fourth-order valence-corrected chi connectivity index (χ4v) is 2.51. The molecule has 2 heterocycles. The van der Waals surface area contributed by atoms with Crippen molar-refractivity contribution < 1.29 is 4.79 Å². The minimum absolute atomic E-state index is 0.284. The van der Waals surface area contributed by atoms with E-state index in [0.29, 0.717) is 5.69 Å². The average molecular weight is 329 g/mol. The molecule has 122 valence electrons. The number of amides is 1.